The van der Waals surface area contributed by atoms with Crippen LogP contribution in [0.15, 0.2) is 11.6 Å². The van der Waals surface area contributed by atoms with Crippen LogP contribution in [0.1, 0.15) is 107 Å². The highest BCUT2D eigenvalue weighted by atomic mass is 16.3. The summed E-state index contributed by atoms with van der Waals surface area (Å²) in [5.74, 6) is 0.442. The minimum Gasteiger partial charge on any atom is -0.393 e. The maximum atomic E-state index is 11.8. The zero-order chi connectivity index (χ0) is 25.5. The van der Waals surface area contributed by atoms with Crippen LogP contribution in [0.5, 0.6) is 0 Å². The van der Waals surface area contributed by atoms with Crippen LogP contribution >= 0.6 is 0 Å². The summed E-state index contributed by atoms with van der Waals surface area (Å²) in [6.07, 6.45) is 7.54. The first-order chi connectivity index (χ1) is 15.5. The van der Waals surface area contributed by atoms with Gasteiger partial charge in [-0.2, -0.15) is 0 Å². The molecule has 4 aliphatic rings. The maximum absolute atomic E-state index is 11.8. The number of hydrogen-bond donors (Lipinski definition) is 4. The molecule has 196 valence electrons. The molecule has 4 N–H and O–H groups in total. The second kappa shape index (κ2) is 8.30. The van der Waals surface area contributed by atoms with Gasteiger partial charge in [-0.25, -0.2) is 0 Å². The Kier molecular flexibility index (Phi) is 6.50. The molecule has 4 saturated carbocycles. The van der Waals surface area contributed by atoms with Gasteiger partial charge in [0, 0.05) is 0 Å². The van der Waals surface area contributed by atoms with Crippen LogP contribution in [-0.4, -0.2) is 44.3 Å². The topological polar surface area (TPSA) is 80.9 Å². The molecule has 34 heavy (non-hydrogen) atoms. The lowest BCUT2D eigenvalue weighted by molar-refractivity contribution is -0.274. The van der Waals surface area contributed by atoms with Gasteiger partial charge in [0.1, 0.15) is 0 Å². The van der Waals surface area contributed by atoms with E-state index in [2.05, 4.69) is 54.5 Å². The summed E-state index contributed by atoms with van der Waals surface area (Å²) in [5, 5.41) is 46.0. The van der Waals surface area contributed by atoms with Crippen molar-refractivity contribution < 1.29 is 20.4 Å². The first kappa shape index (κ1) is 26.6. The number of aliphatic hydroxyl groups is 4. The highest BCUT2D eigenvalue weighted by Gasteiger charge is 2.72. The highest BCUT2D eigenvalue weighted by Crippen LogP contribution is 2.75. The zero-order valence-corrected chi connectivity index (χ0v) is 23.1. The Morgan fingerprint density at radius 3 is 2.21 bits per heavy atom. The molecule has 4 rings (SSSR count). The number of aliphatic hydroxyl groups excluding tert-OH is 3. The summed E-state index contributed by atoms with van der Waals surface area (Å²) in [5.41, 5.74) is -0.230. The van der Waals surface area contributed by atoms with Crippen LogP contribution in [0, 0.1) is 45.3 Å². The van der Waals surface area contributed by atoms with Crippen molar-refractivity contribution in [3.63, 3.8) is 0 Å². The van der Waals surface area contributed by atoms with Crippen LogP contribution in [0.4, 0.5) is 0 Å². The molecule has 0 aromatic heterocycles. The quantitative estimate of drug-likeness (QED) is 0.406. The summed E-state index contributed by atoms with van der Waals surface area (Å²) < 4.78 is 0. The Balaban J connectivity index is 1.70. The molecule has 0 radical (unpaired) electrons. The zero-order valence-electron chi connectivity index (χ0n) is 23.1. The average molecular weight is 477 g/mol. The van der Waals surface area contributed by atoms with Crippen LogP contribution in [0.2, 0.25) is 0 Å². The fourth-order valence-electron chi connectivity index (χ4n) is 10.5. The van der Waals surface area contributed by atoms with Crippen LogP contribution in [0.3, 0.4) is 0 Å². The molecule has 0 spiro atoms. The van der Waals surface area contributed by atoms with Crippen molar-refractivity contribution in [2.75, 3.05) is 0 Å². The van der Waals surface area contributed by atoms with E-state index in [4.69, 9.17) is 0 Å². The SMILES string of the molecule is CC(C)=CCC[C@](C)(O)[C@@H]1CC[C@]2(C)[C@@H]1[C@H](O)C[C@@H]1[C@]3(C)CC[C@H](O)C(C)(C)[C@@H]3[C@H](O)C[C@]12C. The fraction of sp³-hybridized carbons (Fsp3) is 0.933. The van der Waals surface area contributed by atoms with Gasteiger partial charge < -0.3 is 20.4 Å². The summed E-state index contributed by atoms with van der Waals surface area (Å²) in [6, 6.07) is 0. The van der Waals surface area contributed by atoms with Crippen molar-refractivity contribution >= 4 is 0 Å². The summed E-state index contributed by atoms with van der Waals surface area (Å²) in [4.78, 5) is 0. The smallest absolute Gasteiger partial charge is 0.0654 e. The third kappa shape index (κ3) is 3.60. The fourth-order valence-corrected chi connectivity index (χ4v) is 10.5. The van der Waals surface area contributed by atoms with Gasteiger partial charge in [-0.05, 0) is 117 Å². The second-order valence-electron chi connectivity index (χ2n) is 14.7. The van der Waals surface area contributed by atoms with E-state index in [0.717, 1.165) is 51.4 Å². The van der Waals surface area contributed by atoms with Crippen molar-refractivity contribution in [1.82, 2.24) is 0 Å². The Morgan fingerprint density at radius 1 is 0.941 bits per heavy atom. The van der Waals surface area contributed by atoms with Crippen molar-refractivity contribution in [3.05, 3.63) is 11.6 Å². The van der Waals surface area contributed by atoms with E-state index in [9.17, 15) is 20.4 Å². The van der Waals surface area contributed by atoms with Gasteiger partial charge in [0.25, 0.3) is 0 Å². The summed E-state index contributed by atoms with van der Waals surface area (Å²) in [6.45, 7) is 17.5. The molecular weight excluding hydrogens is 424 g/mol. The normalized spacial score (nSPS) is 51.6. The second-order valence-corrected chi connectivity index (χ2v) is 14.7. The van der Waals surface area contributed by atoms with Gasteiger partial charge in [0.15, 0.2) is 0 Å². The average Bonchev–Trinajstić information content (AvgIpc) is 3.07. The minimum absolute atomic E-state index is 0.0264. The van der Waals surface area contributed by atoms with Gasteiger partial charge in [0.2, 0.25) is 0 Å². The number of fused-ring (bicyclic) bond motifs is 5. The third-order valence-electron chi connectivity index (χ3n) is 12.3. The lowest BCUT2D eigenvalue weighted by Gasteiger charge is -2.71. The lowest BCUT2D eigenvalue weighted by atomic mass is 9.34. The Morgan fingerprint density at radius 2 is 1.59 bits per heavy atom. The van der Waals surface area contributed by atoms with Crippen molar-refractivity contribution in [2.45, 2.75) is 131 Å². The van der Waals surface area contributed by atoms with E-state index >= 15 is 0 Å². The molecule has 4 fully saturated rings. The molecule has 0 heterocycles. The summed E-state index contributed by atoms with van der Waals surface area (Å²) in [7, 11) is 0. The van der Waals surface area contributed by atoms with Crippen LogP contribution < -0.4 is 0 Å². The van der Waals surface area contributed by atoms with Crippen LogP contribution in [0.25, 0.3) is 0 Å². The Bertz CT molecular complexity index is 813. The molecule has 0 aromatic carbocycles. The number of hydrogen-bond acceptors (Lipinski definition) is 4. The van der Waals surface area contributed by atoms with E-state index in [1.807, 2.05) is 6.92 Å². The van der Waals surface area contributed by atoms with E-state index in [1.54, 1.807) is 0 Å². The van der Waals surface area contributed by atoms with Gasteiger partial charge in [-0.15, -0.1) is 0 Å². The van der Waals surface area contributed by atoms with Crippen molar-refractivity contribution in [3.8, 4) is 0 Å². The molecular formula is C30H52O4. The van der Waals surface area contributed by atoms with Crippen molar-refractivity contribution in [2.24, 2.45) is 45.3 Å². The first-order valence-electron chi connectivity index (χ1n) is 13.9. The van der Waals surface area contributed by atoms with E-state index in [1.165, 1.54) is 5.57 Å². The molecule has 0 amide bonds. The predicted molar refractivity (Wildman–Crippen MR) is 137 cm³/mol. The molecule has 4 heteroatoms. The largest absolute Gasteiger partial charge is 0.393 e. The van der Waals surface area contributed by atoms with E-state index < -0.39 is 23.9 Å². The first-order valence-corrected chi connectivity index (χ1v) is 13.9. The van der Waals surface area contributed by atoms with E-state index in [-0.39, 0.29) is 39.4 Å². The molecule has 0 unspecified atom stereocenters. The molecule has 4 aliphatic carbocycles. The minimum atomic E-state index is -0.810. The molecule has 0 saturated heterocycles. The molecule has 0 bridgehead atoms. The molecule has 11 atom stereocenters. The molecule has 0 aromatic rings. The Labute approximate surface area is 208 Å². The van der Waals surface area contributed by atoms with Crippen LogP contribution in [-0.2, 0) is 0 Å². The number of rotatable bonds is 4. The maximum Gasteiger partial charge on any atom is 0.0654 e. The molecule has 0 aliphatic heterocycles. The van der Waals surface area contributed by atoms with Gasteiger partial charge in [-0.3, -0.25) is 0 Å². The molecule has 4 nitrogen and oxygen atoms in total. The van der Waals surface area contributed by atoms with Gasteiger partial charge in [0.05, 0.1) is 23.9 Å². The highest BCUT2D eigenvalue weighted by molar-refractivity contribution is 5.21. The third-order valence-corrected chi connectivity index (χ3v) is 12.3. The lowest BCUT2D eigenvalue weighted by Crippen LogP contribution is -2.69. The Hall–Kier alpha value is -0.420. The monoisotopic (exact) mass is 476 g/mol. The van der Waals surface area contributed by atoms with E-state index in [0.29, 0.717) is 5.92 Å². The number of allylic oxidation sites excluding steroid dienone is 2. The predicted octanol–water partition coefficient (Wildman–Crippen LogP) is 5.47. The van der Waals surface area contributed by atoms with Gasteiger partial charge in [-0.1, -0.05) is 46.3 Å². The standard InChI is InChI=1S/C30H52O4/c1-18(2)10-9-13-30(8,34)19-11-15-28(6)24(19)20(31)16-22-27(5)14-12-23(33)26(3,4)25(27)21(32)17-29(22,28)7/h10,19-25,31-34H,9,11-17H2,1-8H3/t19-,20-,21-,22-,23+,24+,25+,27+,28-,29-,30+/m1/s1. The van der Waals surface area contributed by atoms with Gasteiger partial charge >= 0.3 is 0 Å². The van der Waals surface area contributed by atoms with Crippen molar-refractivity contribution in [1.29, 1.82) is 0 Å². The summed E-state index contributed by atoms with van der Waals surface area (Å²) >= 11 is 0.